The first kappa shape index (κ1) is 23.7. The number of nitrogens with one attached hydrogen (secondary N) is 2. The molecule has 3 heterocycles. The molecule has 1 aromatic heterocycles. The van der Waals surface area contributed by atoms with Gasteiger partial charge in [0.25, 0.3) is 5.91 Å². The van der Waals surface area contributed by atoms with Gasteiger partial charge in [-0.25, -0.2) is 4.98 Å². The smallest absolute Gasteiger partial charge is 0.262 e. The summed E-state index contributed by atoms with van der Waals surface area (Å²) in [7, 11) is 0. The summed E-state index contributed by atoms with van der Waals surface area (Å²) in [6.45, 7) is 4.49. The Labute approximate surface area is 202 Å². The molecule has 2 aliphatic rings. The number of halogens is 2. The number of allylic oxidation sites excluding steroid dienone is 1. The summed E-state index contributed by atoms with van der Waals surface area (Å²) in [6, 6.07) is 8.92. The van der Waals surface area contributed by atoms with Gasteiger partial charge in [-0.05, 0) is 18.2 Å². The van der Waals surface area contributed by atoms with Crippen molar-refractivity contribution < 1.29 is 19.6 Å². The molecular weight excluding hydrogens is 465 g/mol. The molecule has 1 aromatic carbocycles. The number of carbonyl (C=O) groups is 1. The molecule has 33 heavy (non-hydrogen) atoms. The number of amides is 1. The van der Waals surface area contributed by atoms with Crippen molar-refractivity contribution in [2.24, 2.45) is 0 Å². The number of nitrogens with zero attached hydrogens (tertiary/aromatic N) is 2. The molecule has 10 heteroatoms. The summed E-state index contributed by atoms with van der Waals surface area (Å²) in [5, 5.41) is 13.4. The Morgan fingerprint density at radius 3 is 2.48 bits per heavy atom. The lowest BCUT2D eigenvalue weighted by molar-refractivity contribution is -0.517. The number of quaternary nitrogens is 1. The normalized spacial score (nSPS) is 18.2. The Bertz CT molecular complexity index is 1060. The van der Waals surface area contributed by atoms with E-state index >= 15 is 0 Å². The van der Waals surface area contributed by atoms with Crippen LogP contribution in [0.1, 0.15) is 19.8 Å². The Balaban J connectivity index is 1.41. The second-order valence-electron chi connectivity index (χ2n) is 8.02. The molecule has 0 saturated carbocycles. The first-order chi connectivity index (χ1) is 15.9. The van der Waals surface area contributed by atoms with Gasteiger partial charge < -0.3 is 25.1 Å². The molecule has 1 amide bonds. The third-order valence-electron chi connectivity index (χ3n) is 5.78. The van der Waals surface area contributed by atoms with Gasteiger partial charge in [0.05, 0.1) is 30.1 Å². The molecule has 0 bridgehead atoms. The van der Waals surface area contributed by atoms with Gasteiger partial charge in [0.15, 0.2) is 5.79 Å². The van der Waals surface area contributed by atoms with Crippen molar-refractivity contribution in [3.63, 3.8) is 0 Å². The molecule has 2 aromatic rings. The maximum Gasteiger partial charge on any atom is 0.262 e. The zero-order valence-electron chi connectivity index (χ0n) is 18.2. The minimum atomic E-state index is -0.465. The summed E-state index contributed by atoms with van der Waals surface area (Å²) in [5.41, 5.74) is 2.24. The van der Waals surface area contributed by atoms with E-state index in [2.05, 4.69) is 15.2 Å². The van der Waals surface area contributed by atoms with Crippen molar-refractivity contribution in [2.75, 3.05) is 36.5 Å². The average Bonchev–Trinajstić information content (AvgIpc) is 3.25. The highest BCUT2D eigenvalue weighted by atomic mass is 35.5. The number of ether oxygens (including phenoxy) is 2. The molecule has 0 atom stereocenters. The van der Waals surface area contributed by atoms with Gasteiger partial charge in [-0.2, -0.15) is 0 Å². The van der Waals surface area contributed by atoms with Crippen molar-refractivity contribution in [3.05, 3.63) is 57.8 Å². The minimum absolute atomic E-state index is 0.239. The van der Waals surface area contributed by atoms with Crippen LogP contribution in [0.4, 0.5) is 17.2 Å². The first-order valence-electron chi connectivity index (χ1n) is 10.7. The molecule has 174 valence electrons. The summed E-state index contributed by atoms with van der Waals surface area (Å²) < 4.78 is 11.5. The van der Waals surface area contributed by atoms with Gasteiger partial charge in [-0.1, -0.05) is 23.2 Å². The Kier molecular flexibility index (Phi) is 7.31. The quantitative estimate of drug-likeness (QED) is 0.326. The van der Waals surface area contributed by atoms with Crippen LogP contribution < -0.4 is 15.5 Å². The predicted molar refractivity (Wildman–Crippen MR) is 128 cm³/mol. The number of hydrogen-bond donors (Lipinski definition) is 3. The maximum absolute atomic E-state index is 12.8. The van der Waals surface area contributed by atoms with E-state index in [0.29, 0.717) is 40.5 Å². The van der Waals surface area contributed by atoms with E-state index in [0.717, 1.165) is 37.8 Å². The van der Waals surface area contributed by atoms with Crippen molar-refractivity contribution in [3.8, 4) is 0 Å². The van der Waals surface area contributed by atoms with Crippen LogP contribution in [0, 0.1) is 5.41 Å². The van der Waals surface area contributed by atoms with Gasteiger partial charge in [0, 0.05) is 56.2 Å². The molecule has 0 radical (unpaired) electrons. The van der Waals surface area contributed by atoms with Crippen molar-refractivity contribution in [1.29, 1.82) is 5.41 Å². The molecule has 2 saturated heterocycles. The SMILES string of the molecule is C/C([NH2+]c1ccc(Cl)cc1)=C(/C=N)C(=O)Nc1cnc(N2CCC3(CC2)OCCO3)c(Cl)c1. The molecule has 4 N–H and O–H groups in total. The van der Waals surface area contributed by atoms with Crippen LogP contribution in [-0.2, 0) is 14.3 Å². The molecule has 8 nitrogen and oxygen atoms in total. The van der Waals surface area contributed by atoms with Crippen molar-refractivity contribution in [2.45, 2.75) is 25.6 Å². The van der Waals surface area contributed by atoms with E-state index in [1.165, 1.54) is 0 Å². The van der Waals surface area contributed by atoms with Gasteiger partial charge in [0.2, 0.25) is 0 Å². The fourth-order valence-electron chi connectivity index (χ4n) is 4.02. The van der Waals surface area contributed by atoms with E-state index in [4.69, 9.17) is 38.1 Å². The number of pyridine rings is 1. The number of aromatic nitrogens is 1. The summed E-state index contributed by atoms with van der Waals surface area (Å²) in [5.74, 6) is -0.209. The molecule has 4 rings (SSSR count). The van der Waals surface area contributed by atoms with Crippen LogP contribution in [-0.4, -0.2) is 49.2 Å². The van der Waals surface area contributed by atoms with E-state index in [-0.39, 0.29) is 5.57 Å². The number of carbonyl (C=O) groups excluding carboxylic acids is 1. The second kappa shape index (κ2) is 10.2. The number of nitrogens with two attached hydrogens (primary N) is 1. The second-order valence-corrected chi connectivity index (χ2v) is 8.86. The standard InChI is InChI=1S/C23H25Cl2N5O3/c1-15(28-17-4-2-16(24)3-5-17)19(13-26)22(31)29-18-12-20(25)21(27-14-18)30-8-6-23(7-9-30)32-10-11-33-23/h2-5,12-14,26,28H,6-11H2,1H3,(H,29,31)/p+1/b19-15+,26-13?. The number of piperidine rings is 1. The number of hydrogen-bond acceptors (Lipinski definition) is 6. The maximum atomic E-state index is 12.8. The van der Waals surface area contributed by atoms with Crippen LogP contribution in [0.2, 0.25) is 10.0 Å². The highest BCUT2D eigenvalue weighted by molar-refractivity contribution is 6.33. The van der Waals surface area contributed by atoms with Gasteiger partial charge in [0.1, 0.15) is 22.8 Å². The van der Waals surface area contributed by atoms with Gasteiger partial charge in [-0.15, -0.1) is 0 Å². The van der Waals surface area contributed by atoms with E-state index in [9.17, 15) is 4.79 Å². The lowest BCUT2D eigenvalue weighted by Crippen LogP contribution is -2.75. The summed E-state index contributed by atoms with van der Waals surface area (Å²) >= 11 is 12.4. The lowest BCUT2D eigenvalue weighted by atomic mass is 10.0. The van der Waals surface area contributed by atoms with Gasteiger partial charge in [-0.3, -0.25) is 10.1 Å². The molecule has 0 aliphatic carbocycles. The monoisotopic (exact) mass is 490 g/mol. The van der Waals surface area contributed by atoms with E-state index in [1.54, 1.807) is 31.3 Å². The average molecular weight is 491 g/mol. The highest BCUT2D eigenvalue weighted by Crippen LogP contribution is 2.35. The largest absolute Gasteiger partial charge is 0.355 e. The van der Waals surface area contributed by atoms with Crippen LogP contribution in [0.5, 0.6) is 0 Å². The molecule has 2 aliphatic heterocycles. The fourth-order valence-corrected chi connectivity index (χ4v) is 4.43. The minimum Gasteiger partial charge on any atom is -0.355 e. The van der Waals surface area contributed by atoms with Crippen molar-refractivity contribution in [1.82, 2.24) is 4.98 Å². The van der Waals surface area contributed by atoms with Crippen LogP contribution >= 0.6 is 23.2 Å². The molecule has 1 spiro atoms. The Hall–Kier alpha value is -2.49. The number of anilines is 2. The Morgan fingerprint density at radius 2 is 1.88 bits per heavy atom. The number of benzene rings is 1. The van der Waals surface area contributed by atoms with Crippen molar-refractivity contribution >= 4 is 52.5 Å². The molecule has 0 unspecified atom stereocenters. The fraction of sp³-hybridized carbons (Fsp3) is 0.348. The zero-order chi connectivity index (χ0) is 23.4. The Morgan fingerprint density at radius 1 is 1.21 bits per heavy atom. The van der Waals surface area contributed by atoms with E-state index < -0.39 is 11.7 Å². The predicted octanol–water partition coefficient (Wildman–Crippen LogP) is 3.49. The third-order valence-corrected chi connectivity index (χ3v) is 6.32. The van der Waals surface area contributed by atoms with Crippen LogP contribution in [0.25, 0.3) is 0 Å². The topological polar surface area (TPSA) is 104 Å². The lowest BCUT2D eigenvalue weighted by Gasteiger charge is -2.38. The van der Waals surface area contributed by atoms with E-state index in [1.807, 2.05) is 17.4 Å². The molecule has 2 fully saturated rings. The first-order valence-corrected chi connectivity index (χ1v) is 11.5. The number of rotatable bonds is 6. The summed E-state index contributed by atoms with van der Waals surface area (Å²) in [6.07, 6.45) is 4.11. The van der Waals surface area contributed by atoms with Crippen LogP contribution in [0.15, 0.2) is 47.8 Å². The van der Waals surface area contributed by atoms with Gasteiger partial charge >= 0.3 is 0 Å². The summed E-state index contributed by atoms with van der Waals surface area (Å²) in [4.78, 5) is 19.4. The third kappa shape index (κ3) is 5.54. The highest BCUT2D eigenvalue weighted by Gasteiger charge is 2.40. The van der Waals surface area contributed by atoms with Crippen LogP contribution in [0.3, 0.4) is 0 Å². The zero-order valence-corrected chi connectivity index (χ0v) is 19.7. The molecular formula is C23H26Cl2N5O3+.